The van der Waals surface area contributed by atoms with Gasteiger partial charge in [-0.3, -0.25) is 14.2 Å². The Morgan fingerprint density at radius 3 is 2.63 bits per heavy atom. The van der Waals surface area contributed by atoms with Gasteiger partial charge in [0.05, 0.1) is 23.4 Å². The highest BCUT2D eigenvalue weighted by Gasteiger charge is 2.19. The van der Waals surface area contributed by atoms with Gasteiger partial charge in [-0.1, -0.05) is 25.1 Å². The van der Waals surface area contributed by atoms with Crippen LogP contribution in [0.4, 0.5) is 0 Å². The van der Waals surface area contributed by atoms with Crippen molar-refractivity contribution in [1.82, 2.24) is 14.9 Å². The molecule has 2 aromatic heterocycles. The summed E-state index contributed by atoms with van der Waals surface area (Å²) in [5.74, 6) is 0.900. The summed E-state index contributed by atoms with van der Waals surface area (Å²) in [5.41, 5.74) is 1.55. The minimum absolute atomic E-state index is 0.0559. The number of thiophene rings is 1. The van der Waals surface area contributed by atoms with Crippen LogP contribution in [-0.4, -0.2) is 34.4 Å². The smallest absolute Gasteiger partial charge is 0.267 e. The quantitative estimate of drug-likeness (QED) is 0.299. The second-order valence-electron chi connectivity index (χ2n) is 6.92. The third-order valence-electron chi connectivity index (χ3n) is 4.76. The Morgan fingerprint density at radius 2 is 1.97 bits per heavy atom. The lowest BCUT2D eigenvalue weighted by Crippen LogP contribution is -2.27. The molecule has 30 heavy (non-hydrogen) atoms. The fourth-order valence-electron chi connectivity index (χ4n) is 3.04. The highest BCUT2D eigenvalue weighted by atomic mass is 32.2. The van der Waals surface area contributed by atoms with E-state index in [9.17, 15) is 9.59 Å². The molecule has 0 aliphatic rings. The van der Waals surface area contributed by atoms with E-state index in [2.05, 4.69) is 12.2 Å². The van der Waals surface area contributed by atoms with Crippen LogP contribution in [0.25, 0.3) is 15.9 Å². The van der Waals surface area contributed by atoms with Crippen LogP contribution in [0.3, 0.4) is 0 Å². The minimum atomic E-state index is -0.111. The summed E-state index contributed by atoms with van der Waals surface area (Å²) in [4.78, 5) is 32.2. The average Bonchev–Trinajstić information content (AvgIpc) is 3.01. The van der Waals surface area contributed by atoms with E-state index >= 15 is 0 Å². The molecule has 6 nitrogen and oxygen atoms in total. The molecular formula is C22H27N3O3S2. The lowest BCUT2D eigenvalue weighted by atomic mass is 10.2. The Hall–Kier alpha value is -2.32. The molecule has 1 amide bonds. The third-order valence-corrected chi connectivity index (χ3v) is 6.80. The van der Waals surface area contributed by atoms with Gasteiger partial charge >= 0.3 is 0 Å². The molecule has 2 heterocycles. The number of thioether (sulfide) groups is 1. The number of carbonyl (C=O) groups is 1. The number of hydrogen-bond donors (Lipinski definition) is 1. The number of rotatable bonds is 9. The van der Waals surface area contributed by atoms with Gasteiger partial charge in [0.15, 0.2) is 5.16 Å². The first-order valence-electron chi connectivity index (χ1n) is 10.1. The topological polar surface area (TPSA) is 73.2 Å². The van der Waals surface area contributed by atoms with Crippen molar-refractivity contribution in [1.29, 1.82) is 0 Å². The van der Waals surface area contributed by atoms with Crippen molar-refractivity contribution in [3.05, 3.63) is 45.1 Å². The summed E-state index contributed by atoms with van der Waals surface area (Å²) < 4.78 is 7.11. The van der Waals surface area contributed by atoms with Crippen LogP contribution in [0.15, 0.2) is 34.2 Å². The number of ether oxygens (including phenoxy) is 1. The van der Waals surface area contributed by atoms with Crippen molar-refractivity contribution in [2.24, 2.45) is 0 Å². The van der Waals surface area contributed by atoms with Crippen LogP contribution in [-0.2, 0) is 4.79 Å². The Labute approximate surface area is 184 Å². The summed E-state index contributed by atoms with van der Waals surface area (Å²) in [6.45, 7) is 9.20. The molecule has 0 bridgehead atoms. The average molecular weight is 446 g/mol. The van der Waals surface area contributed by atoms with Crippen LogP contribution in [0.1, 0.15) is 37.1 Å². The molecule has 3 aromatic rings. The van der Waals surface area contributed by atoms with Crippen molar-refractivity contribution in [2.75, 3.05) is 18.9 Å². The number of nitrogens with zero attached hydrogens (tertiary/aromatic N) is 2. The Morgan fingerprint density at radius 1 is 1.23 bits per heavy atom. The summed E-state index contributed by atoms with van der Waals surface area (Å²) >= 11 is 2.79. The van der Waals surface area contributed by atoms with Crippen LogP contribution < -0.4 is 15.6 Å². The summed E-state index contributed by atoms with van der Waals surface area (Å²) in [6.07, 6.45) is 1.98. The molecule has 0 aliphatic heterocycles. The highest BCUT2D eigenvalue weighted by Crippen LogP contribution is 2.29. The summed E-state index contributed by atoms with van der Waals surface area (Å²) in [6, 6.07) is 7.37. The molecular weight excluding hydrogens is 418 g/mol. The molecule has 0 spiro atoms. The van der Waals surface area contributed by atoms with Crippen molar-refractivity contribution in [3.63, 3.8) is 0 Å². The molecule has 0 unspecified atom stereocenters. The Kier molecular flexibility index (Phi) is 7.55. The lowest BCUT2D eigenvalue weighted by Gasteiger charge is -2.13. The molecule has 1 aromatic carbocycles. The summed E-state index contributed by atoms with van der Waals surface area (Å²) in [5, 5.41) is 4.07. The first-order valence-corrected chi connectivity index (χ1v) is 11.9. The van der Waals surface area contributed by atoms with E-state index in [0.717, 1.165) is 29.0 Å². The Balaban J connectivity index is 2.00. The lowest BCUT2D eigenvalue weighted by molar-refractivity contribution is -0.118. The zero-order valence-corrected chi connectivity index (χ0v) is 19.4. The molecule has 3 rings (SSSR count). The maximum absolute atomic E-state index is 13.4. The maximum Gasteiger partial charge on any atom is 0.267 e. The third kappa shape index (κ3) is 4.87. The largest absolute Gasteiger partial charge is 0.494 e. The maximum atomic E-state index is 13.4. The fraction of sp³-hybridized carbons (Fsp3) is 0.409. The van der Waals surface area contributed by atoms with Crippen molar-refractivity contribution in [2.45, 2.75) is 45.7 Å². The number of nitrogens with one attached hydrogen (secondary N) is 1. The van der Waals surface area contributed by atoms with Gasteiger partial charge in [0.1, 0.15) is 10.6 Å². The van der Waals surface area contributed by atoms with Crippen LogP contribution >= 0.6 is 23.1 Å². The monoisotopic (exact) mass is 445 g/mol. The predicted octanol–water partition coefficient (Wildman–Crippen LogP) is 4.47. The second-order valence-corrected chi connectivity index (χ2v) is 9.06. The van der Waals surface area contributed by atoms with E-state index < -0.39 is 0 Å². The predicted molar refractivity (Wildman–Crippen MR) is 125 cm³/mol. The standard InChI is InChI=1S/C22H27N3O3S2/c1-5-7-12-23-18(26)13-29-22-24-20-19(14(3)15(4)30-20)21(27)25(22)16-8-10-17(11-9-16)28-6-2/h8-11H,5-7,12-13H2,1-4H3,(H,23,26). The first kappa shape index (κ1) is 22.4. The number of aryl methyl sites for hydroxylation is 2. The molecule has 1 N–H and O–H groups in total. The van der Waals surface area contributed by atoms with Crippen LogP contribution in [0, 0.1) is 13.8 Å². The van der Waals surface area contributed by atoms with Crippen molar-refractivity contribution < 1.29 is 9.53 Å². The zero-order valence-electron chi connectivity index (χ0n) is 17.8. The molecule has 0 radical (unpaired) electrons. The van der Waals surface area contributed by atoms with Crippen molar-refractivity contribution in [3.8, 4) is 11.4 Å². The van der Waals surface area contributed by atoms with E-state index in [0.29, 0.717) is 34.2 Å². The van der Waals surface area contributed by atoms with E-state index in [-0.39, 0.29) is 17.2 Å². The second kappa shape index (κ2) is 10.1. The summed E-state index contributed by atoms with van der Waals surface area (Å²) in [7, 11) is 0. The molecule has 0 saturated heterocycles. The van der Waals surface area contributed by atoms with Crippen LogP contribution in [0.2, 0.25) is 0 Å². The fourth-order valence-corrected chi connectivity index (χ4v) is 4.96. The number of aromatic nitrogens is 2. The van der Waals surface area contributed by atoms with Gasteiger partial charge in [-0.05, 0) is 57.0 Å². The van der Waals surface area contributed by atoms with Gasteiger partial charge < -0.3 is 10.1 Å². The van der Waals surface area contributed by atoms with Gasteiger partial charge in [-0.25, -0.2) is 4.98 Å². The number of benzene rings is 1. The molecule has 0 atom stereocenters. The van der Waals surface area contributed by atoms with E-state index in [1.54, 1.807) is 4.57 Å². The Bertz CT molecular complexity index is 1090. The van der Waals surface area contributed by atoms with E-state index in [4.69, 9.17) is 9.72 Å². The van der Waals surface area contributed by atoms with Crippen LogP contribution in [0.5, 0.6) is 5.75 Å². The van der Waals surface area contributed by atoms with Gasteiger partial charge in [0.2, 0.25) is 5.91 Å². The number of unbranched alkanes of at least 4 members (excludes halogenated alkanes) is 1. The normalized spacial score (nSPS) is 11.1. The molecule has 0 aliphatic carbocycles. The number of amides is 1. The molecule has 0 saturated carbocycles. The highest BCUT2D eigenvalue weighted by molar-refractivity contribution is 7.99. The molecule has 8 heteroatoms. The SMILES string of the molecule is CCCCNC(=O)CSc1nc2sc(C)c(C)c2c(=O)n1-c1ccc(OCC)cc1. The van der Waals surface area contributed by atoms with Gasteiger partial charge in [-0.15, -0.1) is 11.3 Å². The number of fused-ring (bicyclic) bond motifs is 1. The van der Waals surface area contributed by atoms with E-state index in [1.165, 1.54) is 23.1 Å². The zero-order chi connectivity index (χ0) is 21.7. The van der Waals surface area contributed by atoms with Crippen molar-refractivity contribution >= 4 is 39.2 Å². The number of carbonyl (C=O) groups excluding carboxylic acids is 1. The minimum Gasteiger partial charge on any atom is -0.494 e. The van der Waals surface area contributed by atoms with Gasteiger partial charge in [0, 0.05) is 11.4 Å². The number of hydrogen-bond acceptors (Lipinski definition) is 6. The van der Waals surface area contributed by atoms with E-state index in [1.807, 2.05) is 45.0 Å². The molecule has 160 valence electrons. The van der Waals surface area contributed by atoms with Gasteiger partial charge in [-0.2, -0.15) is 0 Å². The first-order chi connectivity index (χ1) is 14.5. The van der Waals surface area contributed by atoms with Gasteiger partial charge in [0.25, 0.3) is 5.56 Å². The molecule has 0 fully saturated rings.